The van der Waals surface area contributed by atoms with Gasteiger partial charge < -0.3 is 40.3 Å². The molecule has 442 valence electrons. The van der Waals surface area contributed by atoms with Crippen molar-refractivity contribution in [3.63, 3.8) is 0 Å². The molecule has 6 N–H and O–H groups in total. The highest BCUT2D eigenvalue weighted by atomic mass is 16.7. The van der Waals surface area contributed by atoms with Gasteiger partial charge in [-0.1, -0.05) is 307 Å². The average molecular weight is 1060 g/mol. The van der Waals surface area contributed by atoms with Gasteiger partial charge in [-0.05, 0) is 44.9 Å². The fraction of sp³-hybridized carbons (Fsp3) is 0.894. The number of aliphatic hydroxyl groups is 5. The minimum atomic E-state index is -1.57. The highest BCUT2D eigenvalue weighted by Crippen LogP contribution is 2.23. The molecule has 75 heavy (non-hydrogen) atoms. The quantitative estimate of drug-likeness (QED) is 0.0261. The van der Waals surface area contributed by atoms with Crippen molar-refractivity contribution in [3.05, 3.63) is 36.5 Å². The molecule has 0 aromatic carbocycles. The van der Waals surface area contributed by atoms with E-state index in [9.17, 15) is 30.3 Å². The molecule has 1 aliphatic rings. The molecular formula is C66H125NO8. The van der Waals surface area contributed by atoms with Crippen molar-refractivity contribution in [1.82, 2.24) is 5.32 Å². The average Bonchev–Trinajstić information content (AvgIpc) is 3.41. The molecule has 0 aromatic heterocycles. The molecule has 1 amide bonds. The molecule has 0 saturated carbocycles. The predicted molar refractivity (Wildman–Crippen MR) is 318 cm³/mol. The summed E-state index contributed by atoms with van der Waals surface area (Å²) >= 11 is 0. The van der Waals surface area contributed by atoms with Crippen LogP contribution < -0.4 is 5.32 Å². The van der Waals surface area contributed by atoms with Crippen LogP contribution in [0.4, 0.5) is 0 Å². The van der Waals surface area contributed by atoms with E-state index in [0.717, 1.165) is 51.4 Å². The van der Waals surface area contributed by atoms with E-state index in [0.29, 0.717) is 6.42 Å². The normalized spacial score (nSPS) is 19.1. The maximum absolute atomic E-state index is 13.1. The van der Waals surface area contributed by atoms with Crippen molar-refractivity contribution in [2.45, 2.75) is 365 Å². The first-order chi connectivity index (χ1) is 36.8. The van der Waals surface area contributed by atoms with Crippen LogP contribution in [0.3, 0.4) is 0 Å². The monoisotopic (exact) mass is 1060 g/mol. The largest absolute Gasteiger partial charge is 0.394 e. The van der Waals surface area contributed by atoms with Crippen molar-refractivity contribution >= 4 is 5.91 Å². The maximum atomic E-state index is 13.1. The number of nitrogens with one attached hydrogen (secondary N) is 1. The van der Waals surface area contributed by atoms with Gasteiger partial charge in [0.2, 0.25) is 5.91 Å². The van der Waals surface area contributed by atoms with Crippen LogP contribution in [0.25, 0.3) is 0 Å². The summed E-state index contributed by atoms with van der Waals surface area (Å²) < 4.78 is 11.3. The molecule has 1 heterocycles. The van der Waals surface area contributed by atoms with Crippen LogP contribution >= 0.6 is 0 Å². The molecule has 1 saturated heterocycles. The molecule has 7 unspecified atom stereocenters. The van der Waals surface area contributed by atoms with Gasteiger partial charge in [-0.15, -0.1) is 0 Å². The van der Waals surface area contributed by atoms with Gasteiger partial charge in [0.15, 0.2) is 6.29 Å². The topological polar surface area (TPSA) is 149 Å². The fourth-order valence-electron chi connectivity index (χ4n) is 10.5. The van der Waals surface area contributed by atoms with Crippen molar-refractivity contribution in [2.75, 3.05) is 13.2 Å². The van der Waals surface area contributed by atoms with Gasteiger partial charge in [0.05, 0.1) is 25.4 Å². The number of hydrogen-bond acceptors (Lipinski definition) is 8. The summed E-state index contributed by atoms with van der Waals surface area (Å²) in [4.78, 5) is 13.1. The smallest absolute Gasteiger partial charge is 0.220 e. The summed E-state index contributed by atoms with van der Waals surface area (Å²) in [5.41, 5.74) is 0. The van der Waals surface area contributed by atoms with Crippen molar-refractivity contribution in [2.24, 2.45) is 0 Å². The third-order valence-electron chi connectivity index (χ3n) is 15.7. The summed E-state index contributed by atoms with van der Waals surface area (Å²) in [6.45, 7) is 3.78. The van der Waals surface area contributed by atoms with E-state index in [1.807, 2.05) is 6.08 Å². The van der Waals surface area contributed by atoms with Gasteiger partial charge in [0, 0.05) is 6.42 Å². The number of ether oxygens (including phenoxy) is 2. The first-order valence-electron chi connectivity index (χ1n) is 32.7. The number of amides is 1. The number of allylic oxidation sites excluding steroid dienone is 5. The van der Waals surface area contributed by atoms with Crippen molar-refractivity contribution < 1.29 is 39.8 Å². The van der Waals surface area contributed by atoms with Gasteiger partial charge in [-0.2, -0.15) is 0 Å². The lowest BCUT2D eigenvalue weighted by Crippen LogP contribution is -2.60. The lowest BCUT2D eigenvalue weighted by Gasteiger charge is -2.40. The van der Waals surface area contributed by atoms with E-state index in [1.165, 1.54) is 250 Å². The first-order valence-corrected chi connectivity index (χ1v) is 32.7. The minimum Gasteiger partial charge on any atom is -0.394 e. The molecule has 0 aromatic rings. The summed E-state index contributed by atoms with van der Waals surface area (Å²) in [6.07, 6.45) is 66.9. The molecule has 7 atom stereocenters. The Hall–Kier alpha value is -1.59. The molecule has 1 rings (SSSR count). The van der Waals surface area contributed by atoms with E-state index in [2.05, 4.69) is 43.5 Å². The molecule has 0 bridgehead atoms. The Labute approximate surface area is 463 Å². The van der Waals surface area contributed by atoms with E-state index in [-0.39, 0.29) is 12.5 Å². The number of carbonyl (C=O) groups is 1. The van der Waals surface area contributed by atoms with Crippen LogP contribution in [-0.2, 0) is 14.3 Å². The Kier molecular flexibility index (Phi) is 53.1. The van der Waals surface area contributed by atoms with E-state index < -0.39 is 49.5 Å². The van der Waals surface area contributed by atoms with Gasteiger partial charge in [-0.3, -0.25) is 4.79 Å². The number of rotatable bonds is 57. The lowest BCUT2D eigenvalue weighted by atomic mass is 9.99. The highest BCUT2D eigenvalue weighted by molar-refractivity contribution is 5.76. The molecule has 0 radical (unpaired) electrons. The van der Waals surface area contributed by atoms with Crippen LogP contribution in [0.1, 0.15) is 322 Å². The first kappa shape index (κ1) is 71.4. The van der Waals surface area contributed by atoms with Crippen LogP contribution in [0.5, 0.6) is 0 Å². The van der Waals surface area contributed by atoms with Crippen molar-refractivity contribution in [3.8, 4) is 0 Å². The van der Waals surface area contributed by atoms with Gasteiger partial charge >= 0.3 is 0 Å². The zero-order valence-corrected chi connectivity index (χ0v) is 49.3. The minimum absolute atomic E-state index is 0.185. The van der Waals surface area contributed by atoms with E-state index in [4.69, 9.17) is 9.47 Å². The zero-order chi connectivity index (χ0) is 54.3. The van der Waals surface area contributed by atoms with E-state index >= 15 is 0 Å². The second-order valence-electron chi connectivity index (χ2n) is 22.9. The molecular weight excluding hydrogens is 935 g/mol. The Morgan fingerprint density at radius 3 is 1.12 bits per heavy atom. The molecule has 1 aliphatic heterocycles. The second kappa shape index (κ2) is 55.7. The maximum Gasteiger partial charge on any atom is 0.220 e. The van der Waals surface area contributed by atoms with Gasteiger partial charge in [-0.25, -0.2) is 0 Å². The van der Waals surface area contributed by atoms with Crippen LogP contribution in [0, 0.1) is 0 Å². The van der Waals surface area contributed by atoms with Crippen LogP contribution in [0.15, 0.2) is 36.5 Å². The second-order valence-corrected chi connectivity index (χ2v) is 22.9. The predicted octanol–water partition coefficient (Wildman–Crippen LogP) is 17.1. The number of hydrogen-bond donors (Lipinski definition) is 6. The van der Waals surface area contributed by atoms with E-state index in [1.54, 1.807) is 6.08 Å². The summed E-state index contributed by atoms with van der Waals surface area (Å²) in [5, 5.41) is 54.5. The third kappa shape index (κ3) is 44.9. The number of carbonyl (C=O) groups excluding carboxylic acids is 1. The molecule has 9 heteroatoms. The summed E-state index contributed by atoms with van der Waals surface area (Å²) in [6, 6.07) is -0.826. The van der Waals surface area contributed by atoms with Crippen LogP contribution in [0.2, 0.25) is 0 Å². The Balaban J connectivity index is 2.08. The Morgan fingerprint density at radius 2 is 0.760 bits per heavy atom. The number of aliphatic hydroxyl groups excluding tert-OH is 5. The third-order valence-corrected chi connectivity index (χ3v) is 15.7. The van der Waals surface area contributed by atoms with Gasteiger partial charge in [0.1, 0.15) is 24.4 Å². The van der Waals surface area contributed by atoms with Gasteiger partial charge in [0.25, 0.3) is 0 Å². The molecule has 9 nitrogen and oxygen atoms in total. The highest BCUT2D eigenvalue weighted by Gasteiger charge is 2.44. The van der Waals surface area contributed by atoms with Crippen molar-refractivity contribution in [1.29, 1.82) is 0 Å². The van der Waals surface area contributed by atoms with Crippen LogP contribution in [-0.4, -0.2) is 87.5 Å². The molecule has 1 fully saturated rings. The zero-order valence-electron chi connectivity index (χ0n) is 49.3. The molecule has 0 aliphatic carbocycles. The summed E-state index contributed by atoms with van der Waals surface area (Å²) in [5.74, 6) is -0.185. The standard InChI is InChI=1S/C66H125NO8/c1-3-5-7-9-11-13-15-17-19-21-22-23-24-25-26-27-28-29-30-31-32-33-34-35-36-37-38-39-40-42-44-46-48-50-52-54-56-62(70)67-59(58-74-66-65(73)64(72)63(71)61(57-68)75-66)60(69)55-53-51-49-47-45-43-41-20-18-16-14-12-10-8-6-4-2/h18,20,45,47,53,55,59-61,63-66,68-69,71-73H,3-17,19,21-44,46,48-52,54,56-58H2,1-2H3,(H,67,70)/b20-18+,47-45+,55-53+. The Bertz CT molecular complexity index is 1270. The lowest BCUT2D eigenvalue weighted by molar-refractivity contribution is -0.302. The molecule has 0 spiro atoms. The number of unbranched alkanes of at least 4 members (excludes halogenated alkanes) is 43. The fourth-order valence-corrected chi connectivity index (χ4v) is 10.5. The summed E-state index contributed by atoms with van der Waals surface area (Å²) in [7, 11) is 0. The SMILES string of the molecule is CCCCCCCC/C=C/CC/C=C/CC/C=C/C(O)C(COC1OC(CO)C(O)C(O)C1O)NC(=O)CCCCCCCCCCCCCCCCCCCCCCCCCCCCCCCCCCCCCC. The Morgan fingerprint density at radius 1 is 0.440 bits per heavy atom.